The van der Waals surface area contributed by atoms with Crippen LogP contribution in [0, 0.1) is 12.3 Å². The number of hydrazine groups is 1. The number of amides is 4. The summed E-state index contributed by atoms with van der Waals surface area (Å²) in [5.74, 6) is 2.25. The van der Waals surface area contributed by atoms with E-state index in [0.29, 0.717) is 39.1 Å². The van der Waals surface area contributed by atoms with Crippen molar-refractivity contribution < 1.29 is 19.1 Å². The molecule has 0 radical (unpaired) electrons. The van der Waals surface area contributed by atoms with Crippen molar-refractivity contribution in [3.8, 4) is 12.3 Å². The van der Waals surface area contributed by atoms with Crippen LogP contribution in [0.3, 0.4) is 0 Å². The van der Waals surface area contributed by atoms with E-state index in [1.54, 1.807) is 19.8 Å². The third kappa shape index (κ3) is 7.20. The van der Waals surface area contributed by atoms with Crippen LogP contribution in [0.25, 0.3) is 0 Å². The minimum atomic E-state index is -0.730. The first-order chi connectivity index (χ1) is 19.5. The first-order valence-electron chi connectivity index (χ1n) is 14.0. The van der Waals surface area contributed by atoms with Crippen molar-refractivity contribution in [2.75, 3.05) is 39.4 Å². The predicted molar refractivity (Wildman–Crippen MR) is 152 cm³/mol. The second-order valence-corrected chi connectivity index (χ2v) is 10.1. The summed E-state index contributed by atoms with van der Waals surface area (Å²) in [7, 11) is 0. The zero-order chi connectivity index (χ0) is 28.3. The number of terminal acetylenes is 1. The molecular formula is C31H39N5O4. The third-order valence-corrected chi connectivity index (χ3v) is 7.23. The number of benzene rings is 2. The largest absolute Gasteiger partial charge is 0.381 e. The first-order valence-corrected chi connectivity index (χ1v) is 14.0. The van der Waals surface area contributed by atoms with Gasteiger partial charge >= 0.3 is 6.03 Å². The lowest BCUT2D eigenvalue weighted by Gasteiger charge is -2.55. The number of rotatable bonds is 12. The maximum Gasteiger partial charge on any atom is 0.334 e. The maximum atomic E-state index is 13.8. The minimum Gasteiger partial charge on any atom is -0.381 e. The molecule has 2 aromatic rings. The highest BCUT2D eigenvalue weighted by molar-refractivity contribution is 5.91. The molecule has 0 spiro atoms. The van der Waals surface area contributed by atoms with Crippen molar-refractivity contribution in [3.63, 3.8) is 0 Å². The molecule has 212 valence electrons. The second kappa shape index (κ2) is 14.5. The Bertz CT molecular complexity index is 1170. The van der Waals surface area contributed by atoms with E-state index in [1.165, 1.54) is 0 Å². The van der Waals surface area contributed by atoms with Gasteiger partial charge in [0.15, 0.2) is 0 Å². The Labute approximate surface area is 237 Å². The number of nitrogens with one attached hydrogen (secondary N) is 1. The third-order valence-electron chi connectivity index (χ3n) is 7.23. The number of hydrogen-bond donors (Lipinski definition) is 1. The molecule has 9 nitrogen and oxygen atoms in total. The van der Waals surface area contributed by atoms with Gasteiger partial charge in [0, 0.05) is 32.7 Å². The van der Waals surface area contributed by atoms with Crippen LogP contribution in [0.2, 0.25) is 0 Å². The molecule has 40 heavy (non-hydrogen) atoms. The standard InChI is InChI=1S/C31H39N5O4/c1-3-5-19-40-20-12-18-33-23-28-35(27(30(33)38)21-25-13-8-6-9-14-25)29(37)24-34(17-4-2)36(28)31(39)32-22-26-15-10-7-11-16-26/h2,6-11,13-16,27-28H,3,5,12,17-24H2,1H3,(H,32,39)/t27-,28-/m0/s1. The highest BCUT2D eigenvalue weighted by Gasteiger charge is 2.51. The summed E-state index contributed by atoms with van der Waals surface area (Å²) in [6, 6.07) is 18.2. The molecule has 0 aliphatic carbocycles. The maximum absolute atomic E-state index is 13.8. The molecule has 2 saturated heterocycles. The normalized spacial score (nSPS) is 19.4. The van der Waals surface area contributed by atoms with E-state index < -0.39 is 12.2 Å². The van der Waals surface area contributed by atoms with Crippen LogP contribution in [0.15, 0.2) is 60.7 Å². The number of unbranched alkanes of at least 4 members (excludes halogenated alkanes) is 1. The number of hydrogen-bond acceptors (Lipinski definition) is 5. The van der Waals surface area contributed by atoms with Gasteiger partial charge in [0.2, 0.25) is 11.8 Å². The van der Waals surface area contributed by atoms with E-state index in [1.807, 2.05) is 60.7 Å². The molecule has 0 aromatic heterocycles. The van der Waals surface area contributed by atoms with Crippen LogP contribution in [0.1, 0.15) is 37.3 Å². The van der Waals surface area contributed by atoms with Crippen LogP contribution in [0.5, 0.6) is 0 Å². The second-order valence-electron chi connectivity index (χ2n) is 10.1. The van der Waals surface area contributed by atoms with Gasteiger partial charge in [0.25, 0.3) is 0 Å². The first kappa shape index (κ1) is 29.1. The Morgan fingerprint density at radius 2 is 1.70 bits per heavy atom. The summed E-state index contributed by atoms with van der Waals surface area (Å²) in [5, 5.41) is 6.13. The van der Waals surface area contributed by atoms with E-state index in [0.717, 1.165) is 24.0 Å². The Balaban J connectivity index is 1.59. The van der Waals surface area contributed by atoms with Gasteiger partial charge in [-0.05, 0) is 24.0 Å². The monoisotopic (exact) mass is 545 g/mol. The quantitative estimate of drug-likeness (QED) is 0.328. The van der Waals surface area contributed by atoms with Gasteiger partial charge in [-0.15, -0.1) is 6.42 Å². The van der Waals surface area contributed by atoms with E-state index in [9.17, 15) is 14.4 Å². The van der Waals surface area contributed by atoms with E-state index >= 15 is 0 Å². The summed E-state index contributed by atoms with van der Waals surface area (Å²) in [6.07, 6.45) is 8.05. The topological polar surface area (TPSA) is 85.4 Å². The Morgan fingerprint density at radius 1 is 1.02 bits per heavy atom. The van der Waals surface area contributed by atoms with Crippen molar-refractivity contribution in [2.24, 2.45) is 0 Å². The fraction of sp³-hybridized carbons (Fsp3) is 0.452. The molecule has 2 fully saturated rings. The summed E-state index contributed by atoms with van der Waals surface area (Å²) >= 11 is 0. The Morgan fingerprint density at radius 3 is 2.38 bits per heavy atom. The number of fused-ring (bicyclic) bond motifs is 1. The molecule has 0 unspecified atom stereocenters. The van der Waals surface area contributed by atoms with E-state index in [4.69, 9.17) is 11.2 Å². The highest BCUT2D eigenvalue weighted by Crippen LogP contribution is 2.28. The number of ether oxygens (including phenoxy) is 1. The zero-order valence-electron chi connectivity index (χ0n) is 23.2. The Hall–Kier alpha value is -3.87. The number of carbonyl (C=O) groups is 3. The fourth-order valence-corrected chi connectivity index (χ4v) is 5.24. The van der Waals surface area contributed by atoms with Gasteiger partial charge in [-0.2, -0.15) is 5.01 Å². The molecule has 2 aliphatic rings. The minimum absolute atomic E-state index is 0.0801. The fourth-order valence-electron chi connectivity index (χ4n) is 5.24. The van der Waals surface area contributed by atoms with Crippen LogP contribution >= 0.6 is 0 Å². The molecule has 9 heteroatoms. The van der Waals surface area contributed by atoms with Crippen LogP contribution < -0.4 is 5.32 Å². The molecular weight excluding hydrogens is 506 g/mol. The van der Waals surface area contributed by atoms with Gasteiger partial charge < -0.3 is 19.9 Å². The summed E-state index contributed by atoms with van der Waals surface area (Å²) in [6.45, 7) is 4.37. The van der Waals surface area contributed by atoms with Gasteiger partial charge in [-0.25, -0.2) is 9.80 Å². The summed E-state index contributed by atoms with van der Waals surface area (Å²) in [5.41, 5.74) is 1.90. The van der Waals surface area contributed by atoms with E-state index in [2.05, 4.69) is 18.2 Å². The molecule has 1 N–H and O–H groups in total. The number of nitrogens with zero attached hydrogens (tertiary/aromatic N) is 4. The van der Waals surface area contributed by atoms with Crippen molar-refractivity contribution in [1.82, 2.24) is 25.1 Å². The molecule has 2 heterocycles. The van der Waals surface area contributed by atoms with Crippen molar-refractivity contribution in [1.29, 1.82) is 0 Å². The lowest BCUT2D eigenvalue weighted by atomic mass is 9.98. The molecule has 0 bridgehead atoms. The SMILES string of the molecule is C#CCN1CC(=O)N2[C@@H](Cc3ccccc3)C(=O)N(CCCOCCCC)C[C@@H]2N1C(=O)NCc1ccccc1. The molecule has 2 aromatic carbocycles. The number of urea groups is 1. The molecule has 4 amide bonds. The molecule has 4 rings (SSSR count). The lowest BCUT2D eigenvalue weighted by molar-refractivity contribution is -0.188. The van der Waals surface area contributed by atoms with Gasteiger partial charge in [0.05, 0.1) is 19.6 Å². The predicted octanol–water partition coefficient (Wildman–Crippen LogP) is 2.88. The Kier molecular flexibility index (Phi) is 10.6. The molecule has 2 aliphatic heterocycles. The van der Waals surface area contributed by atoms with Crippen LogP contribution in [-0.4, -0.2) is 89.3 Å². The summed E-state index contributed by atoms with van der Waals surface area (Å²) < 4.78 is 5.72. The van der Waals surface area contributed by atoms with Crippen molar-refractivity contribution >= 4 is 17.8 Å². The summed E-state index contributed by atoms with van der Waals surface area (Å²) in [4.78, 5) is 44.4. The average molecular weight is 546 g/mol. The number of carbonyl (C=O) groups excluding carboxylic acids is 3. The average Bonchev–Trinajstić information content (AvgIpc) is 2.97. The lowest BCUT2D eigenvalue weighted by Crippen LogP contribution is -2.76. The van der Waals surface area contributed by atoms with Gasteiger partial charge in [-0.3, -0.25) is 9.59 Å². The molecule has 0 saturated carbocycles. The van der Waals surface area contributed by atoms with E-state index in [-0.39, 0.29) is 37.5 Å². The van der Waals surface area contributed by atoms with Crippen LogP contribution in [0.4, 0.5) is 4.79 Å². The van der Waals surface area contributed by atoms with Crippen LogP contribution in [-0.2, 0) is 27.3 Å². The van der Waals surface area contributed by atoms with Crippen molar-refractivity contribution in [2.45, 2.75) is 51.4 Å². The highest BCUT2D eigenvalue weighted by atomic mass is 16.5. The van der Waals surface area contributed by atoms with Gasteiger partial charge in [-0.1, -0.05) is 79.9 Å². The number of piperazine rings is 1. The molecule has 2 atom stereocenters. The zero-order valence-corrected chi connectivity index (χ0v) is 23.2. The van der Waals surface area contributed by atoms with Gasteiger partial charge in [0.1, 0.15) is 12.2 Å². The van der Waals surface area contributed by atoms with Crippen molar-refractivity contribution in [3.05, 3.63) is 71.8 Å². The smallest absolute Gasteiger partial charge is 0.334 e.